The molecule has 5 nitrogen and oxygen atoms in total. The lowest BCUT2D eigenvalue weighted by Gasteiger charge is -2.25. The van der Waals surface area contributed by atoms with Crippen molar-refractivity contribution in [1.29, 1.82) is 0 Å². The minimum atomic E-state index is -0.271. The van der Waals surface area contributed by atoms with Crippen LogP contribution < -0.4 is 16.0 Å². The van der Waals surface area contributed by atoms with E-state index in [1.807, 2.05) is 19.1 Å². The molecule has 0 saturated carbocycles. The van der Waals surface area contributed by atoms with E-state index in [2.05, 4.69) is 28.1 Å². The van der Waals surface area contributed by atoms with E-state index in [0.717, 1.165) is 6.42 Å². The van der Waals surface area contributed by atoms with Crippen LogP contribution >= 0.6 is 12.4 Å². The third-order valence-electron chi connectivity index (χ3n) is 4.33. The molecule has 6 heteroatoms. The Kier molecular flexibility index (Phi) is 7.18. The molecule has 2 amide bonds. The minimum Gasteiger partial charge on any atom is -0.352 e. The molecule has 1 heterocycles. The normalized spacial score (nSPS) is 15.3. The number of benzene rings is 2. The van der Waals surface area contributed by atoms with Gasteiger partial charge in [0.1, 0.15) is 0 Å². The van der Waals surface area contributed by atoms with E-state index >= 15 is 0 Å². The van der Waals surface area contributed by atoms with Crippen molar-refractivity contribution in [3.05, 3.63) is 65.2 Å². The molecule has 0 aliphatic carbocycles. The van der Waals surface area contributed by atoms with E-state index in [9.17, 15) is 9.59 Å². The number of anilines is 1. The molecular formula is C20H24ClN3O2. The number of carbonyl (C=O) groups is 2. The lowest BCUT2D eigenvalue weighted by Crippen LogP contribution is -2.44. The van der Waals surface area contributed by atoms with Crippen molar-refractivity contribution in [2.24, 2.45) is 0 Å². The Morgan fingerprint density at radius 2 is 1.88 bits per heavy atom. The molecule has 1 unspecified atom stereocenters. The quantitative estimate of drug-likeness (QED) is 0.754. The lowest BCUT2D eigenvalue weighted by molar-refractivity contribution is -0.118. The molecule has 1 atom stereocenters. The highest BCUT2D eigenvalue weighted by molar-refractivity contribution is 5.98. The molecule has 1 aliphatic heterocycles. The molecule has 2 aromatic rings. The molecule has 3 N–H and O–H groups in total. The molecule has 0 aromatic heterocycles. The van der Waals surface area contributed by atoms with Crippen LogP contribution in [-0.4, -0.2) is 24.4 Å². The molecule has 0 radical (unpaired) electrons. The summed E-state index contributed by atoms with van der Waals surface area (Å²) in [5.41, 5.74) is 3.62. The maximum Gasteiger partial charge on any atom is 0.251 e. The second-order valence-electron chi connectivity index (χ2n) is 6.23. The monoisotopic (exact) mass is 373 g/mol. The van der Waals surface area contributed by atoms with Gasteiger partial charge in [0.25, 0.3) is 5.91 Å². The van der Waals surface area contributed by atoms with Gasteiger partial charge in [-0.2, -0.15) is 0 Å². The molecule has 0 spiro atoms. The molecule has 1 aliphatic rings. The zero-order chi connectivity index (χ0) is 17.6. The van der Waals surface area contributed by atoms with E-state index < -0.39 is 0 Å². The zero-order valence-electron chi connectivity index (χ0n) is 14.7. The summed E-state index contributed by atoms with van der Waals surface area (Å²) in [7, 11) is 0. The van der Waals surface area contributed by atoms with Gasteiger partial charge in [-0.15, -0.1) is 12.4 Å². The standard InChI is InChI=1S/C20H23N3O2.ClH/c1-2-10-21-19(24)15-8-5-9-17(11-15)23-20(25)18-12-14-6-3-4-7-16(14)13-22-18;/h3-9,11,18,22H,2,10,12-13H2,1H3,(H,21,24)(H,23,25);1H. The topological polar surface area (TPSA) is 70.2 Å². The summed E-state index contributed by atoms with van der Waals surface area (Å²) in [5, 5.41) is 9.02. The zero-order valence-corrected chi connectivity index (χ0v) is 15.6. The predicted molar refractivity (Wildman–Crippen MR) is 106 cm³/mol. The van der Waals surface area contributed by atoms with E-state index in [-0.39, 0.29) is 30.3 Å². The molecule has 0 saturated heterocycles. The van der Waals surface area contributed by atoms with Gasteiger partial charge in [-0.3, -0.25) is 9.59 Å². The van der Waals surface area contributed by atoms with Gasteiger partial charge >= 0.3 is 0 Å². The number of carbonyl (C=O) groups excluding carboxylic acids is 2. The van der Waals surface area contributed by atoms with Crippen molar-refractivity contribution >= 4 is 29.9 Å². The van der Waals surface area contributed by atoms with Crippen LogP contribution in [-0.2, 0) is 17.8 Å². The van der Waals surface area contributed by atoms with Crippen LogP contribution in [0.5, 0.6) is 0 Å². The first-order valence-electron chi connectivity index (χ1n) is 8.66. The van der Waals surface area contributed by atoms with Crippen molar-refractivity contribution in [2.45, 2.75) is 32.4 Å². The van der Waals surface area contributed by atoms with Crippen LogP contribution in [0, 0.1) is 0 Å². The van der Waals surface area contributed by atoms with Gasteiger partial charge in [-0.05, 0) is 42.2 Å². The summed E-state index contributed by atoms with van der Waals surface area (Å²) in [6.07, 6.45) is 1.55. The van der Waals surface area contributed by atoms with E-state index in [1.165, 1.54) is 11.1 Å². The van der Waals surface area contributed by atoms with Gasteiger partial charge in [0.05, 0.1) is 6.04 Å². The third kappa shape index (κ3) is 4.84. The number of hydrogen-bond acceptors (Lipinski definition) is 3. The van der Waals surface area contributed by atoms with Crippen molar-refractivity contribution in [3.63, 3.8) is 0 Å². The average molecular weight is 374 g/mol. The van der Waals surface area contributed by atoms with Gasteiger partial charge in [-0.25, -0.2) is 0 Å². The number of halogens is 1. The maximum absolute atomic E-state index is 12.6. The van der Waals surface area contributed by atoms with Crippen molar-refractivity contribution in [1.82, 2.24) is 10.6 Å². The summed E-state index contributed by atoms with van der Waals surface area (Å²) in [6, 6.07) is 14.9. The fraction of sp³-hybridized carbons (Fsp3) is 0.300. The second-order valence-corrected chi connectivity index (χ2v) is 6.23. The second kappa shape index (κ2) is 9.36. The number of nitrogens with one attached hydrogen (secondary N) is 3. The number of rotatable bonds is 5. The Labute approximate surface area is 160 Å². The van der Waals surface area contributed by atoms with Gasteiger partial charge < -0.3 is 16.0 Å². The molecule has 3 rings (SSSR count). The molecule has 138 valence electrons. The van der Waals surface area contributed by atoms with E-state index in [0.29, 0.717) is 30.8 Å². The first-order chi connectivity index (χ1) is 12.2. The van der Waals surface area contributed by atoms with Crippen LogP contribution in [0.3, 0.4) is 0 Å². The first-order valence-corrected chi connectivity index (χ1v) is 8.66. The highest BCUT2D eigenvalue weighted by Crippen LogP contribution is 2.18. The Balaban J connectivity index is 0.00000243. The Morgan fingerprint density at radius 3 is 2.65 bits per heavy atom. The first kappa shape index (κ1) is 19.9. The molecule has 0 bridgehead atoms. The SMILES string of the molecule is CCCNC(=O)c1cccc(NC(=O)C2Cc3ccccc3CN2)c1.Cl. The summed E-state index contributed by atoms with van der Waals surface area (Å²) in [6.45, 7) is 3.33. The van der Waals surface area contributed by atoms with Crippen LogP contribution in [0.25, 0.3) is 0 Å². The number of hydrogen-bond donors (Lipinski definition) is 3. The predicted octanol–water partition coefficient (Wildman–Crippen LogP) is 2.90. The van der Waals surface area contributed by atoms with Crippen LogP contribution in [0.4, 0.5) is 5.69 Å². The Bertz CT molecular complexity index is 779. The summed E-state index contributed by atoms with van der Waals surface area (Å²) in [5.74, 6) is -0.205. The summed E-state index contributed by atoms with van der Waals surface area (Å²) in [4.78, 5) is 24.6. The number of amides is 2. The summed E-state index contributed by atoms with van der Waals surface area (Å²) >= 11 is 0. The smallest absolute Gasteiger partial charge is 0.251 e. The lowest BCUT2D eigenvalue weighted by atomic mass is 9.95. The Hall–Kier alpha value is -2.37. The maximum atomic E-state index is 12.6. The van der Waals surface area contributed by atoms with Crippen molar-refractivity contribution in [2.75, 3.05) is 11.9 Å². The highest BCUT2D eigenvalue weighted by atomic mass is 35.5. The molecular weight excluding hydrogens is 350 g/mol. The minimum absolute atomic E-state index is 0. The van der Waals surface area contributed by atoms with Crippen molar-refractivity contribution in [3.8, 4) is 0 Å². The fourth-order valence-corrected chi connectivity index (χ4v) is 2.95. The van der Waals surface area contributed by atoms with Gasteiger partial charge in [0.15, 0.2) is 0 Å². The van der Waals surface area contributed by atoms with Gasteiger partial charge in [-0.1, -0.05) is 37.3 Å². The molecule has 0 fully saturated rings. The number of fused-ring (bicyclic) bond motifs is 1. The van der Waals surface area contributed by atoms with Gasteiger partial charge in [0, 0.05) is 24.3 Å². The fourth-order valence-electron chi connectivity index (χ4n) is 2.95. The van der Waals surface area contributed by atoms with Crippen molar-refractivity contribution < 1.29 is 9.59 Å². The van der Waals surface area contributed by atoms with Crippen LogP contribution in [0.2, 0.25) is 0 Å². The van der Waals surface area contributed by atoms with E-state index in [1.54, 1.807) is 24.3 Å². The average Bonchev–Trinajstić information content (AvgIpc) is 2.65. The third-order valence-corrected chi connectivity index (χ3v) is 4.33. The van der Waals surface area contributed by atoms with Gasteiger partial charge in [0.2, 0.25) is 5.91 Å². The summed E-state index contributed by atoms with van der Waals surface area (Å²) < 4.78 is 0. The largest absolute Gasteiger partial charge is 0.352 e. The molecule has 26 heavy (non-hydrogen) atoms. The Morgan fingerprint density at radius 1 is 1.12 bits per heavy atom. The van der Waals surface area contributed by atoms with E-state index in [4.69, 9.17) is 0 Å². The van der Waals surface area contributed by atoms with Crippen LogP contribution in [0.1, 0.15) is 34.8 Å². The highest BCUT2D eigenvalue weighted by Gasteiger charge is 2.24. The molecule has 2 aromatic carbocycles. The van der Waals surface area contributed by atoms with Crippen LogP contribution in [0.15, 0.2) is 48.5 Å².